The molecule has 1 heterocycles. The molecule has 1 aliphatic rings. The Morgan fingerprint density at radius 2 is 2.46 bits per heavy atom. The average molecular weight is 182 g/mol. The van der Waals surface area contributed by atoms with Crippen molar-refractivity contribution in [2.45, 2.75) is 20.3 Å². The zero-order valence-corrected chi connectivity index (χ0v) is 8.39. The van der Waals surface area contributed by atoms with Crippen LogP contribution in [0.2, 0.25) is 0 Å². The zero-order valence-electron chi connectivity index (χ0n) is 8.39. The van der Waals surface area contributed by atoms with E-state index in [2.05, 4.69) is 16.7 Å². The molecule has 0 fully saturated rings. The van der Waals surface area contributed by atoms with Crippen molar-refractivity contribution in [3.8, 4) is 0 Å². The quantitative estimate of drug-likeness (QED) is 0.630. The molecule has 3 heteroatoms. The lowest BCUT2D eigenvalue weighted by Crippen LogP contribution is -2.32. The van der Waals surface area contributed by atoms with E-state index in [1.807, 2.05) is 13.8 Å². The number of hydrogen-bond donors (Lipinski definition) is 2. The minimum Gasteiger partial charge on any atom is -0.352 e. The van der Waals surface area contributed by atoms with Gasteiger partial charge in [0.1, 0.15) is 0 Å². The molecular formula is C10H18N2O. The molecule has 0 aromatic heterocycles. The summed E-state index contributed by atoms with van der Waals surface area (Å²) in [7, 11) is 0. The van der Waals surface area contributed by atoms with Crippen molar-refractivity contribution in [2.24, 2.45) is 5.92 Å². The van der Waals surface area contributed by atoms with Gasteiger partial charge in [-0.15, -0.1) is 0 Å². The topological polar surface area (TPSA) is 41.1 Å². The lowest BCUT2D eigenvalue weighted by atomic mass is 10.1. The molecule has 0 atom stereocenters. The highest BCUT2D eigenvalue weighted by molar-refractivity contribution is 5.78. The fourth-order valence-corrected chi connectivity index (χ4v) is 1.23. The van der Waals surface area contributed by atoms with Crippen molar-refractivity contribution < 1.29 is 4.79 Å². The summed E-state index contributed by atoms with van der Waals surface area (Å²) in [5, 5.41) is 6.15. The molecule has 0 bridgehead atoms. The minimum atomic E-state index is 0.0855. The number of amides is 1. The second-order valence-corrected chi connectivity index (χ2v) is 3.69. The van der Waals surface area contributed by atoms with Gasteiger partial charge in [-0.05, 0) is 13.0 Å². The van der Waals surface area contributed by atoms with Gasteiger partial charge in [-0.1, -0.05) is 25.5 Å². The molecule has 0 unspecified atom stereocenters. The Morgan fingerprint density at radius 3 is 3.00 bits per heavy atom. The van der Waals surface area contributed by atoms with Gasteiger partial charge in [0.05, 0.1) is 0 Å². The van der Waals surface area contributed by atoms with Crippen molar-refractivity contribution in [1.82, 2.24) is 10.6 Å². The lowest BCUT2D eigenvalue weighted by molar-refractivity contribution is -0.123. The molecular weight excluding hydrogens is 164 g/mol. The first-order chi connectivity index (χ1) is 6.20. The first-order valence-electron chi connectivity index (χ1n) is 4.86. The van der Waals surface area contributed by atoms with Gasteiger partial charge < -0.3 is 10.6 Å². The van der Waals surface area contributed by atoms with E-state index < -0.39 is 0 Å². The maximum atomic E-state index is 11.2. The van der Waals surface area contributed by atoms with Crippen molar-refractivity contribution in [3.05, 3.63) is 11.6 Å². The average Bonchev–Trinajstić information content (AvgIpc) is 2.15. The Bertz CT molecular complexity index is 209. The van der Waals surface area contributed by atoms with Crippen molar-refractivity contribution >= 4 is 5.91 Å². The SMILES string of the molecule is CC(C)C(=O)NCC1=CCNCC1. The molecule has 0 spiro atoms. The number of carbonyl (C=O) groups excluding carboxylic acids is 1. The summed E-state index contributed by atoms with van der Waals surface area (Å²) in [6, 6.07) is 0. The van der Waals surface area contributed by atoms with Crippen LogP contribution in [0.5, 0.6) is 0 Å². The highest BCUT2D eigenvalue weighted by Crippen LogP contribution is 2.02. The molecule has 1 aliphatic heterocycles. The van der Waals surface area contributed by atoms with Crippen LogP contribution in [0.15, 0.2) is 11.6 Å². The predicted molar refractivity (Wildman–Crippen MR) is 53.4 cm³/mol. The molecule has 3 nitrogen and oxygen atoms in total. The van der Waals surface area contributed by atoms with Crippen LogP contribution >= 0.6 is 0 Å². The van der Waals surface area contributed by atoms with Crippen LogP contribution in [-0.2, 0) is 4.79 Å². The maximum Gasteiger partial charge on any atom is 0.222 e. The number of rotatable bonds is 3. The van der Waals surface area contributed by atoms with Crippen LogP contribution in [0.25, 0.3) is 0 Å². The number of hydrogen-bond acceptors (Lipinski definition) is 2. The second-order valence-electron chi connectivity index (χ2n) is 3.69. The van der Waals surface area contributed by atoms with E-state index in [1.54, 1.807) is 0 Å². The van der Waals surface area contributed by atoms with Gasteiger partial charge in [0.2, 0.25) is 5.91 Å². The first kappa shape index (κ1) is 10.3. The van der Waals surface area contributed by atoms with Crippen molar-refractivity contribution in [1.29, 1.82) is 0 Å². The molecule has 0 saturated heterocycles. The number of carbonyl (C=O) groups is 1. The van der Waals surface area contributed by atoms with Crippen LogP contribution in [0.1, 0.15) is 20.3 Å². The van der Waals surface area contributed by atoms with Crippen LogP contribution in [0.4, 0.5) is 0 Å². The molecule has 13 heavy (non-hydrogen) atoms. The van der Waals surface area contributed by atoms with Crippen LogP contribution in [-0.4, -0.2) is 25.5 Å². The Kier molecular flexibility index (Phi) is 3.96. The Hall–Kier alpha value is -0.830. The van der Waals surface area contributed by atoms with Gasteiger partial charge in [-0.2, -0.15) is 0 Å². The monoisotopic (exact) mass is 182 g/mol. The fraction of sp³-hybridized carbons (Fsp3) is 0.700. The largest absolute Gasteiger partial charge is 0.352 e. The Balaban J connectivity index is 2.25. The molecule has 0 radical (unpaired) electrons. The maximum absolute atomic E-state index is 11.2. The smallest absolute Gasteiger partial charge is 0.222 e. The first-order valence-corrected chi connectivity index (χ1v) is 4.86. The van der Waals surface area contributed by atoms with E-state index >= 15 is 0 Å². The predicted octanol–water partition coefficient (Wildman–Crippen LogP) is 0.678. The summed E-state index contributed by atoms with van der Waals surface area (Å²) < 4.78 is 0. The molecule has 2 N–H and O–H groups in total. The van der Waals surface area contributed by atoms with Crippen molar-refractivity contribution in [3.63, 3.8) is 0 Å². The highest BCUT2D eigenvalue weighted by atomic mass is 16.1. The molecule has 1 amide bonds. The zero-order chi connectivity index (χ0) is 9.68. The van der Waals surface area contributed by atoms with E-state index in [0.29, 0.717) is 0 Å². The summed E-state index contributed by atoms with van der Waals surface area (Å²) in [4.78, 5) is 11.2. The van der Waals surface area contributed by atoms with Gasteiger partial charge in [-0.25, -0.2) is 0 Å². The Morgan fingerprint density at radius 1 is 1.69 bits per heavy atom. The molecule has 0 saturated carbocycles. The fourth-order valence-electron chi connectivity index (χ4n) is 1.23. The molecule has 0 aromatic carbocycles. The Labute approximate surface area is 79.6 Å². The van der Waals surface area contributed by atoms with Gasteiger partial charge in [0, 0.05) is 19.0 Å². The van der Waals surface area contributed by atoms with Gasteiger partial charge >= 0.3 is 0 Å². The molecule has 74 valence electrons. The van der Waals surface area contributed by atoms with Crippen LogP contribution in [0.3, 0.4) is 0 Å². The summed E-state index contributed by atoms with van der Waals surface area (Å²) in [5.74, 6) is 0.224. The minimum absolute atomic E-state index is 0.0855. The molecule has 1 rings (SSSR count). The van der Waals surface area contributed by atoms with Crippen molar-refractivity contribution in [2.75, 3.05) is 19.6 Å². The summed E-state index contributed by atoms with van der Waals surface area (Å²) in [5.41, 5.74) is 1.34. The third-order valence-corrected chi connectivity index (χ3v) is 2.17. The van der Waals surface area contributed by atoms with Crippen LogP contribution in [0, 0.1) is 5.92 Å². The molecule has 0 aromatic rings. The normalized spacial score (nSPS) is 17.0. The van der Waals surface area contributed by atoms with Crippen LogP contribution < -0.4 is 10.6 Å². The third kappa shape index (κ3) is 3.59. The van der Waals surface area contributed by atoms with Gasteiger partial charge in [-0.3, -0.25) is 4.79 Å². The van der Waals surface area contributed by atoms with E-state index in [-0.39, 0.29) is 11.8 Å². The summed E-state index contributed by atoms with van der Waals surface area (Å²) in [6.45, 7) is 6.51. The van der Waals surface area contributed by atoms with E-state index in [0.717, 1.165) is 26.1 Å². The van der Waals surface area contributed by atoms with E-state index in [1.165, 1.54) is 5.57 Å². The van der Waals surface area contributed by atoms with E-state index in [9.17, 15) is 4.79 Å². The van der Waals surface area contributed by atoms with E-state index in [4.69, 9.17) is 0 Å². The van der Waals surface area contributed by atoms with Gasteiger partial charge in [0.25, 0.3) is 0 Å². The third-order valence-electron chi connectivity index (χ3n) is 2.17. The summed E-state index contributed by atoms with van der Waals surface area (Å²) >= 11 is 0. The second kappa shape index (κ2) is 5.02. The summed E-state index contributed by atoms with van der Waals surface area (Å²) in [6.07, 6.45) is 3.21. The molecule has 0 aliphatic carbocycles. The van der Waals surface area contributed by atoms with Gasteiger partial charge in [0.15, 0.2) is 0 Å². The number of nitrogens with one attached hydrogen (secondary N) is 2. The standard InChI is InChI=1S/C10H18N2O/c1-8(2)10(13)12-7-9-3-5-11-6-4-9/h3,8,11H,4-7H2,1-2H3,(H,12,13). The lowest BCUT2D eigenvalue weighted by Gasteiger charge is -2.15. The highest BCUT2D eigenvalue weighted by Gasteiger charge is 2.07.